The van der Waals surface area contributed by atoms with Gasteiger partial charge in [0.1, 0.15) is 5.75 Å². The predicted octanol–water partition coefficient (Wildman–Crippen LogP) is -0.0292. The minimum absolute atomic E-state index is 0.538. The zero-order chi connectivity index (χ0) is 12.3. The molecular formula is C12H18BNO3. The van der Waals surface area contributed by atoms with Crippen LogP contribution in [-0.2, 0) is 6.54 Å². The number of nitrogens with zero attached hydrogens (tertiary/aromatic N) is 1. The quantitative estimate of drug-likeness (QED) is 0.719. The third kappa shape index (κ3) is 3.00. The van der Waals surface area contributed by atoms with Crippen LogP contribution in [0.25, 0.3) is 0 Å². The molecule has 1 aliphatic heterocycles. The number of hydrogen-bond acceptors (Lipinski definition) is 4. The van der Waals surface area contributed by atoms with Crippen LogP contribution in [0.15, 0.2) is 18.2 Å². The summed E-state index contributed by atoms with van der Waals surface area (Å²) in [7, 11) is 0.130. The highest BCUT2D eigenvalue weighted by atomic mass is 16.5. The van der Waals surface area contributed by atoms with Crippen LogP contribution in [0, 0.1) is 0 Å². The van der Waals surface area contributed by atoms with Crippen molar-refractivity contribution in [1.82, 2.24) is 4.90 Å². The molecule has 0 aliphatic carbocycles. The molecule has 0 unspecified atom stereocenters. The molecule has 92 valence electrons. The Balaban J connectivity index is 2.19. The third-order valence-electron chi connectivity index (χ3n) is 3.22. The van der Waals surface area contributed by atoms with Gasteiger partial charge in [-0.1, -0.05) is 6.07 Å². The van der Waals surface area contributed by atoms with Crippen molar-refractivity contribution in [3.8, 4) is 5.75 Å². The van der Waals surface area contributed by atoms with Crippen molar-refractivity contribution >= 4 is 12.6 Å². The van der Waals surface area contributed by atoms with Gasteiger partial charge in [0, 0.05) is 6.54 Å². The molecule has 2 rings (SSSR count). The molecule has 2 N–H and O–H groups in total. The molecule has 4 nitrogen and oxygen atoms in total. The third-order valence-corrected chi connectivity index (χ3v) is 3.22. The Morgan fingerprint density at radius 1 is 1.29 bits per heavy atom. The van der Waals surface area contributed by atoms with E-state index < -0.39 is 7.12 Å². The predicted molar refractivity (Wildman–Crippen MR) is 67.3 cm³/mol. The Morgan fingerprint density at radius 2 is 2.00 bits per heavy atom. The number of methoxy groups -OCH3 is 1. The van der Waals surface area contributed by atoms with Gasteiger partial charge in [-0.15, -0.1) is 0 Å². The van der Waals surface area contributed by atoms with E-state index in [1.54, 1.807) is 13.2 Å². The van der Waals surface area contributed by atoms with Gasteiger partial charge in [-0.3, -0.25) is 4.90 Å². The van der Waals surface area contributed by atoms with Gasteiger partial charge < -0.3 is 14.8 Å². The van der Waals surface area contributed by atoms with Gasteiger partial charge >= 0.3 is 7.12 Å². The standard InChI is InChI=1S/C12H18BNO3/c1-17-11-5-4-10(12(8-11)13(15)16)9-14-6-2-3-7-14/h4-5,8,15-16H,2-3,6-7,9H2,1H3. The molecule has 0 radical (unpaired) electrons. The van der Waals surface area contributed by atoms with Crippen LogP contribution in [0.4, 0.5) is 0 Å². The van der Waals surface area contributed by atoms with Crippen molar-refractivity contribution in [3.63, 3.8) is 0 Å². The minimum atomic E-state index is -1.44. The zero-order valence-corrected chi connectivity index (χ0v) is 10.1. The molecule has 1 fully saturated rings. The molecule has 0 amide bonds. The lowest BCUT2D eigenvalue weighted by Crippen LogP contribution is -2.35. The topological polar surface area (TPSA) is 52.9 Å². The van der Waals surface area contributed by atoms with Crippen molar-refractivity contribution in [2.24, 2.45) is 0 Å². The van der Waals surface area contributed by atoms with Crippen LogP contribution in [0.3, 0.4) is 0 Å². The van der Waals surface area contributed by atoms with Crippen LogP contribution in [-0.4, -0.2) is 42.3 Å². The SMILES string of the molecule is COc1ccc(CN2CCCC2)c(B(O)O)c1. The molecule has 0 aromatic heterocycles. The summed E-state index contributed by atoms with van der Waals surface area (Å²) in [4.78, 5) is 2.33. The second-order valence-electron chi connectivity index (χ2n) is 4.42. The normalized spacial score (nSPS) is 16.2. The molecule has 1 saturated heterocycles. The maximum absolute atomic E-state index is 9.38. The maximum Gasteiger partial charge on any atom is 0.488 e. The summed E-state index contributed by atoms with van der Waals surface area (Å²) in [6.45, 7) is 2.96. The van der Waals surface area contributed by atoms with E-state index in [4.69, 9.17) is 4.74 Å². The van der Waals surface area contributed by atoms with Crippen LogP contribution >= 0.6 is 0 Å². The summed E-state index contributed by atoms with van der Waals surface area (Å²) < 4.78 is 5.09. The molecule has 1 aromatic carbocycles. The van der Waals surface area contributed by atoms with Crippen molar-refractivity contribution in [3.05, 3.63) is 23.8 Å². The first-order valence-electron chi connectivity index (χ1n) is 5.96. The van der Waals surface area contributed by atoms with Crippen molar-refractivity contribution < 1.29 is 14.8 Å². The van der Waals surface area contributed by atoms with E-state index in [0.29, 0.717) is 11.2 Å². The molecule has 0 atom stereocenters. The smallest absolute Gasteiger partial charge is 0.488 e. The Kier molecular flexibility index (Phi) is 4.04. The average molecular weight is 235 g/mol. The Morgan fingerprint density at radius 3 is 2.59 bits per heavy atom. The van der Waals surface area contributed by atoms with E-state index in [0.717, 1.165) is 25.2 Å². The lowest BCUT2D eigenvalue weighted by atomic mass is 9.76. The number of ether oxygens (including phenoxy) is 1. The maximum atomic E-state index is 9.38. The van der Waals surface area contributed by atoms with Gasteiger partial charge in [-0.25, -0.2) is 0 Å². The van der Waals surface area contributed by atoms with E-state index in [1.807, 2.05) is 12.1 Å². The number of likely N-dealkylation sites (tertiary alicyclic amines) is 1. The highest BCUT2D eigenvalue weighted by Crippen LogP contribution is 2.15. The minimum Gasteiger partial charge on any atom is -0.497 e. The first-order chi connectivity index (χ1) is 8.20. The lowest BCUT2D eigenvalue weighted by molar-refractivity contribution is 0.331. The van der Waals surface area contributed by atoms with Gasteiger partial charge in [0.25, 0.3) is 0 Å². The molecule has 0 spiro atoms. The van der Waals surface area contributed by atoms with E-state index in [-0.39, 0.29) is 0 Å². The summed E-state index contributed by atoms with van der Waals surface area (Å²) in [6, 6.07) is 5.46. The van der Waals surface area contributed by atoms with Gasteiger partial charge in [0.15, 0.2) is 0 Å². The van der Waals surface area contributed by atoms with Crippen molar-refractivity contribution in [2.45, 2.75) is 19.4 Å². The Bertz CT molecular complexity index is 378. The molecule has 1 aliphatic rings. The fourth-order valence-electron chi connectivity index (χ4n) is 2.27. The highest BCUT2D eigenvalue weighted by Gasteiger charge is 2.20. The highest BCUT2D eigenvalue weighted by molar-refractivity contribution is 6.59. The van der Waals surface area contributed by atoms with E-state index in [9.17, 15) is 10.0 Å². The van der Waals surface area contributed by atoms with Crippen LogP contribution in [0.2, 0.25) is 0 Å². The van der Waals surface area contributed by atoms with Crippen LogP contribution in [0.5, 0.6) is 5.75 Å². The summed E-state index contributed by atoms with van der Waals surface area (Å²) >= 11 is 0. The van der Waals surface area contributed by atoms with Crippen LogP contribution < -0.4 is 10.2 Å². The fraction of sp³-hybridized carbons (Fsp3) is 0.500. The van der Waals surface area contributed by atoms with Crippen molar-refractivity contribution in [1.29, 1.82) is 0 Å². The van der Waals surface area contributed by atoms with E-state index in [1.165, 1.54) is 12.8 Å². The van der Waals surface area contributed by atoms with E-state index >= 15 is 0 Å². The van der Waals surface area contributed by atoms with Crippen molar-refractivity contribution in [2.75, 3.05) is 20.2 Å². The first kappa shape index (κ1) is 12.4. The van der Waals surface area contributed by atoms with Gasteiger partial charge in [0.2, 0.25) is 0 Å². The molecule has 0 saturated carbocycles. The molecular weight excluding hydrogens is 217 g/mol. The van der Waals surface area contributed by atoms with E-state index in [2.05, 4.69) is 4.90 Å². The summed E-state index contributed by atoms with van der Waals surface area (Å²) in [5, 5.41) is 18.8. The molecule has 1 heterocycles. The number of hydrogen-bond donors (Lipinski definition) is 2. The largest absolute Gasteiger partial charge is 0.497 e. The van der Waals surface area contributed by atoms with Crippen LogP contribution in [0.1, 0.15) is 18.4 Å². The summed E-state index contributed by atoms with van der Waals surface area (Å²) in [5.41, 5.74) is 1.50. The number of benzene rings is 1. The molecule has 5 heteroatoms. The van der Waals surface area contributed by atoms with Gasteiger partial charge in [-0.05, 0) is 49.1 Å². The zero-order valence-electron chi connectivity index (χ0n) is 10.1. The molecule has 0 bridgehead atoms. The average Bonchev–Trinajstić information content (AvgIpc) is 2.82. The van der Waals surface area contributed by atoms with Gasteiger partial charge in [0.05, 0.1) is 7.11 Å². The second-order valence-corrected chi connectivity index (χ2v) is 4.42. The number of rotatable bonds is 4. The van der Waals surface area contributed by atoms with Gasteiger partial charge in [-0.2, -0.15) is 0 Å². The Hall–Kier alpha value is -1.04. The lowest BCUT2D eigenvalue weighted by Gasteiger charge is -2.18. The fourth-order valence-corrected chi connectivity index (χ4v) is 2.27. The monoisotopic (exact) mass is 235 g/mol. The molecule has 1 aromatic rings. The first-order valence-corrected chi connectivity index (χ1v) is 5.96. The summed E-state index contributed by atoms with van der Waals surface area (Å²) in [6.07, 6.45) is 2.46. The second kappa shape index (κ2) is 5.53. The Labute approximate surface area is 102 Å². The molecule has 17 heavy (non-hydrogen) atoms. The summed E-state index contributed by atoms with van der Waals surface area (Å²) in [5.74, 6) is 0.651.